The van der Waals surface area contributed by atoms with Gasteiger partial charge < -0.3 is 15.1 Å². The zero-order chi connectivity index (χ0) is 9.80. The predicted octanol–water partition coefficient (Wildman–Crippen LogP) is 0.376. The number of hydrogen-bond acceptors (Lipinski definition) is 3. The highest BCUT2D eigenvalue weighted by atomic mass is 15.2. The second kappa shape index (κ2) is 5.10. The lowest BCUT2D eigenvalue weighted by Gasteiger charge is -2.23. The highest BCUT2D eigenvalue weighted by Gasteiger charge is 2.19. The summed E-state index contributed by atoms with van der Waals surface area (Å²) in [6.45, 7) is 7.57. The molecule has 0 amide bonds. The van der Waals surface area contributed by atoms with Crippen molar-refractivity contribution in [3.63, 3.8) is 0 Å². The van der Waals surface area contributed by atoms with Crippen LogP contribution in [0.15, 0.2) is 0 Å². The number of hydrogen-bond donors (Lipinski definition) is 1. The Hall–Kier alpha value is -0.120. The van der Waals surface area contributed by atoms with E-state index in [4.69, 9.17) is 0 Å². The number of likely N-dealkylation sites (N-methyl/N-ethyl adjacent to an activating group) is 1. The zero-order valence-corrected chi connectivity index (χ0v) is 9.34. The Morgan fingerprint density at radius 2 is 2.07 bits per heavy atom. The van der Waals surface area contributed by atoms with Crippen LogP contribution in [0.4, 0.5) is 0 Å². The first-order chi connectivity index (χ1) is 6.84. The van der Waals surface area contributed by atoms with Gasteiger partial charge in [-0.15, -0.1) is 0 Å². The Labute approximate surface area is 87.4 Å². The Bertz CT molecular complexity index is 166. The molecule has 0 radical (unpaired) electrons. The second-order valence-corrected chi connectivity index (χ2v) is 4.75. The van der Waals surface area contributed by atoms with Crippen molar-refractivity contribution in [2.24, 2.45) is 0 Å². The van der Waals surface area contributed by atoms with Gasteiger partial charge in [0, 0.05) is 25.7 Å². The molecule has 14 heavy (non-hydrogen) atoms. The van der Waals surface area contributed by atoms with Crippen LogP contribution in [0.25, 0.3) is 0 Å². The van der Waals surface area contributed by atoms with E-state index in [1.807, 2.05) is 0 Å². The first-order valence-electron chi connectivity index (χ1n) is 5.99. The number of rotatable bonds is 2. The molecule has 0 aromatic rings. The molecule has 2 heterocycles. The SMILES string of the molecule is CN1CCCN(C[C@H]2CCCN2)CC1. The Morgan fingerprint density at radius 3 is 2.86 bits per heavy atom. The van der Waals surface area contributed by atoms with Crippen LogP contribution in [0.2, 0.25) is 0 Å². The third-order valence-corrected chi connectivity index (χ3v) is 3.45. The van der Waals surface area contributed by atoms with E-state index in [1.165, 1.54) is 58.5 Å². The van der Waals surface area contributed by atoms with Gasteiger partial charge in [-0.3, -0.25) is 0 Å². The van der Waals surface area contributed by atoms with E-state index in [0.717, 1.165) is 6.04 Å². The second-order valence-electron chi connectivity index (χ2n) is 4.75. The molecule has 2 saturated heterocycles. The summed E-state index contributed by atoms with van der Waals surface area (Å²) in [5.41, 5.74) is 0. The smallest absolute Gasteiger partial charge is 0.0195 e. The molecule has 1 N–H and O–H groups in total. The summed E-state index contributed by atoms with van der Waals surface area (Å²) in [7, 11) is 2.23. The van der Waals surface area contributed by atoms with E-state index in [1.54, 1.807) is 0 Å². The number of nitrogens with zero attached hydrogens (tertiary/aromatic N) is 2. The molecule has 3 heteroatoms. The molecule has 0 saturated carbocycles. The van der Waals surface area contributed by atoms with Crippen LogP contribution in [0.5, 0.6) is 0 Å². The van der Waals surface area contributed by atoms with E-state index in [0.29, 0.717) is 0 Å². The average molecular weight is 197 g/mol. The summed E-state index contributed by atoms with van der Waals surface area (Å²) in [5, 5.41) is 3.58. The van der Waals surface area contributed by atoms with Gasteiger partial charge in [0.25, 0.3) is 0 Å². The minimum absolute atomic E-state index is 0.776. The van der Waals surface area contributed by atoms with Crippen molar-refractivity contribution in [2.45, 2.75) is 25.3 Å². The maximum Gasteiger partial charge on any atom is 0.0195 e. The highest BCUT2D eigenvalue weighted by molar-refractivity contribution is 4.79. The van der Waals surface area contributed by atoms with Crippen LogP contribution >= 0.6 is 0 Å². The summed E-state index contributed by atoms with van der Waals surface area (Å²) in [5.74, 6) is 0. The van der Waals surface area contributed by atoms with Gasteiger partial charge in [0.15, 0.2) is 0 Å². The summed E-state index contributed by atoms with van der Waals surface area (Å²) in [6.07, 6.45) is 4.09. The van der Waals surface area contributed by atoms with Crippen molar-refractivity contribution >= 4 is 0 Å². The summed E-state index contributed by atoms with van der Waals surface area (Å²) in [6, 6.07) is 0.776. The molecule has 82 valence electrons. The summed E-state index contributed by atoms with van der Waals surface area (Å²) >= 11 is 0. The Balaban J connectivity index is 1.73. The lowest BCUT2D eigenvalue weighted by atomic mass is 10.2. The van der Waals surface area contributed by atoms with Gasteiger partial charge in [0.1, 0.15) is 0 Å². The minimum Gasteiger partial charge on any atom is -0.313 e. The van der Waals surface area contributed by atoms with Crippen molar-refractivity contribution in [3.05, 3.63) is 0 Å². The van der Waals surface area contributed by atoms with Crippen molar-refractivity contribution in [3.8, 4) is 0 Å². The molecule has 1 atom stereocenters. The van der Waals surface area contributed by atoms with Crippen molar-refractivity contribution < 1.29 is 0 Å². The molecular weight excluding hydrogens is 174 g/mol. The predicted molar refractivity (Wildman–Crippen MR) is 59.6 cm³/mol. The highest BCUT2D eigenvalue weighted by Crippen LogP contribution is 2.08. The molecule has 2 aliphatic rings. The first-order valence-corrected chi connectivity index (χ1v) is 5.99. The molecule has 2 fully saturated rings. The van der Waals surface area contributed by atoms with Crippen LogP contribution in [0.1, 0.15) is 19.3 Å². The molecular formula is C11H23N3. The van der Waals surface area contributed by atoms with Gasteiger partial charge in [-0.05, 0) is 45.9 Å². The molecule has 0 aromatic carbocycles. The van der Waals surface area contributed by atoms with Crippen molar-refractivity contribution in [1.82, 2.24) is 15.1 Å². The lowest BCUT2D eigenvalue weighted by molar-refractivity contribution is 0.254. The monoisotopic (exact) mass is 197 g/mol. The fourth-order valence-corrected chi connectivity index (χ4v) is 2.51. The Kier molecular flexibility index (Phi) is 3.79. The van der Waals surface area contributed by atoms with Crippen LogP contribution < -0.4 is 5.32 Å². The first kappa shape index (κ1) is 10.4. The van der Waals surface area contributed by atoms with Gasteiger partial charge in [-0.25, -0.2) is 0 Å². The lowest BCUT2D eigenvalue weighted by Crippen LogP contribution is -2.39. The molecule has 0 aromatic heterocycles. The standard InChI is InChI=1S/C11H23N3/c1-13-6-3-7-14(9-8-13)10-11-4-2-5-12-11/h11-12H,2-10H2,1H3/t11-/m1/s1. The van der Waals surface area contributed by atoms with Crippen LogP contribution in [0, 0.1) is 0 Å². The fourth-order valence-electron chi connectivity index (χ4n) is 2.51. The Morgan fingerprint density at radius 1 is 1.14 bits per heavy atom. The van der Waals surface area contributed by atoms with E-state index < -0.39 is 0 Å². The maximum absolute atomic E-state index is 3.58. The average Bonchev–Trinajstić information content (AvgIpc) is 2.58. The fraction of sp³-hybridized carbons (Fsp3) is 1.00. The minimum atomic E-state index is 0.776. The maximum atomic E-state index is 3.58. The van der Waals surface area contributed by atoms with Crippen molar-refractivity contribution in [1.29, 1.82) is 0 Å². The van der Waals surface area contributed by atoms with Crippen molar-refractivity contribution in [2.75, 3.05) is 46.3 Å². The van der Waals surface area contributed by atoms with Gasteiger partial charge in [-0.1, -0.05) is 0 Å². The van der Waals surface area contributed by atoms with Gasteiger partial charge in [-0.2, -0.15) is 0 Å². The normalized spacial score (nSPS) is 31.9. The van der Waals surface area contributed by atoms with Crippen LogP contribution in [-0.2, 0) is 0 Å². The van der Waals surface area contributed by atoms with Gasteiger partial charge >= 0.3 is 0 Å². The largest absolute Gasteiger partial charge is 0.313 e. The summed E-state index contributed by atoms with van der Waals surface area (Å²) in [4.78, 5) is 5.08. The topological polar surface area (TPSA) is 18.5 Å². The van der Waals surface area contributed by atoms with Gasteiger partial charge in [0.05, 0.1) is 0 Å². The molecule has 0 bridgehead atoms. The summed E-state index contributed by atoms with van der Waals surface area (Å²) < 4.78 is 0. The third kappa shape index (κ3) is 2.94. The number of nitrogens with one attached hydrogen (secondary N) is 1. The quantitative estimate of drug-likeness (QED) is 0.690. The molecule has 0 unspecified atom stereocenters. The van der Waals surface area contributed by atoms with E-state index >= 15 is 0 Å². The molecule has 2 rings (SSSR count). The van der Waals surface area contributed by atoms with E-state index in [-0.39, 0.29) is 0 Å². The molecule has 0 aliphatic carbocycles. The molecule has 0 spiro atoms. The third-order valence-electron chi connectivity index (χ3n) is 3.45. The van der Waals surface area contributed by atoms with Crippen LogP contribution in [0.3, 0.4) is 0 Å². The van der Waals surface area contributed by atoms with E-state index in [9.17, 15) is 0 Å². The van der Waals surface area contributed by atoms with Gasteiger partial charge in [0.2, 0.25) is 0 Å². The van der Waals surface area contributed by atoms with E-state index in [2.05, 4.69) is 22.2 Å². The van der Waals surface area contributed by atoms with Crippen LogP contribution in [-0.4, -0.2) is 62.2 Å². The zero-order valence-electron chi connectivity index (χ0n) is 9.34. The molecule has 2 aliphatic heterocycles. The molecule has 3 nitrogen and oxygen atoms in total.